The van der Waals surface area contributed by atoms with Crippen molar-refractivity contribution < 1.29 is 9.59 Å². The average Bonchev–Trinajstić information content (AvgIpc) is 3.07. The summed E-state index contributed by atoms with van der Waals surface area (Å²) in [5.41, 5.74) is 0. The van der Waals surface area contributed by atoms with E-state index < -0.39 is 0 Å². The largest absolute Gasteiger partial charge is 0.341 e. The number of fused-ring (bicyclic) bond motifs is 1. The fraction of sp³-hybridized carbons (Fsp3) is 0.857. The molecule has 3 aliphatic rings. The number of nitrogens with zero attached hydrogens (tertiary/aromatic N) is 2. The third kappa shape index (κ3) is 2.90. The summed E-state index contributed by atoms with van der Waals surface area (Å²) in [5, 5.41) is 3.18. The van der Waals surface area contributed by atoms with Crippen molar-refractivity contribution in [3.05, 3.63) is 0 Å². The molecule has 5 nitrogen and oxygen atoms in total. The molecular formula is C14H24ClN3O2S. The molecule has 3 saturated heterocycles. The van der Waals surface area contributed by atoms with Gasteiger partial charge in [-0.25, -0.2) is 0 Å². The standard InChI is InChI=1S/C14H23N3O2S.ClH/c1-14-5-3-12(18)17(14)11(9-20-14)13(19)16-6-4-10(8-16)7-15-2;/h10-11,15H,3-9H2,1-2H3;1H. The van der Waals surface area contributed by atoms with Crippen LogP contribution in [0.3, 0.4) is 0 Å². The summed E-state index contributed by atoms with van der Waals surface area (Å²) in [6.45, 7) is 4.73. The van der Waals surface area contributed by atoms with E-state index in [1.165, 1.54) is 0 Å². The lowest BCUT2D eigenvalue weighted by atomic mass is 10.1. The summed E-state index contributed by atoms with van der Waals surface area (Å²) in [4.78, 5) is 28.5. The second-order valence-corrected chi connectivity index (χ2v) is 7.76. The molecule has 0 saturated carbocycles. The Bertz CT molecular complexity index is 436. The van der Waals surface area contributed by atoms with Crippen molar-refractivity contribution in [3.8, 4) is 0 Å². The summed E-state index contributed by atoms with van der Waals surface area (Å²) >= 11 is 1.77. The van der Waals surface area contributed by atoms with Crippen LogP contribution in [0.1, 0.15) is 26.2 Å². The van der Waals surface area contributed by atoms with Crippen LogP contribution in [0.2, 0.25) is 0 Å². The van der Waals surface area contributed by atoms with Crippen LogP contribution in [0.15, 0.2) is 0 Å². The minimum atomic E-state index is -0.228. The molecule has 3 fully saturated rings. The molecule has 0 aromatic carbocycles. The van der Waals surface area contributed by atoms with E-state index in [2.05, 4.69) is 12.2 Å². The van der Waals surface area contributed by atoms with Gasteiger partial charge in [0.25, 0.3) is 0 Å². The lowest BCUT2D eigenvalue weighted by Gasteiger charge is -2.31. The van der Waals surface area contributed by atoms with E-state index in [1.54, 1.807) is 11.8 Å². The van der Waals surface area contributed by atoms with Crippen molar-refractivity contribution in [2.45, 2.75) is 37.1 Å². The summed E-state index contributed by atoms with van der Waals surface area (Å²) in [6.07, 6.45) is 2.54. The van der Waals surface area contributed by atoms with Crippen molar-refractivity contribution in [2.24, 2.45) is 5.92 Å². The van der Waals surface area contributed by atoms with Crippen LogP contribution >= 0.6 is 24.2 Å². The maximum Gasteiger partial charge on any atom is 0.246 e. The fourth-order valence-electron chi connectivity index (χ4n) is 3.70. The number of likely N-dealkylation sites (tertiary alicyclic amines) is 1. The Hall–Kier alpha value is -0.460. The Kier molecular flexibility index (Phi) is 5.11. The van der Waals surface area contributed by atoms with E-state index in [-0.39, 0.29) is 35.1 Å². The van der Waals surface area contributed by atoms with Crippen LogP contribution in [-0.2, 0) is 9.59 Å². The van der Waals surface area contributed by atoms with Crippen molar-refractivity contribution in [2.75, 3.05) is 32.4 Å². The van der Waals surface area contributed by atoms with E-state index in [9.17, 15) is 9.59 Å². The van der Waals surface area contributed by atoms with Gasteiger partial charge >= 0.3 is 0 Å². The smallest absolute Gasteiger partial charge is 0.246 e. The Morgan fingerprint density at radius 2 is 2.29 bits per heavy atom. The number of thioether (sulfide) groups is 1. The van der Waals surface area contributed by atoms with Gasteiger partial charge in [0.05, 0.1) is 4.87 Å². The molecule has 120 valence electrons. The maximum atomic E-state index is 12.7. The highest BCUT2D eigenvalue weighted by atomic mass is 35.5. The van der Waals surface area contributed by atoms with E-state index in [0.717, 1.165) is 38.2 Å². The first-order valence-corrected chi connectivity index (χ1v) is 8.43. The molecule has 1 N–H and O–H groups in total. The predicted molar refractivity (Wildman–Crippen MR) is 86.6 cm³/mol. The van der Waals surface area contributed by atoms with Crippen LogP contribution in [-0.4, -0.2) is 65.0 Å². The highest BCUT2D eigenvalue weighted by Crippen LogP contribution is 2.47. The van der Waals surface area contributed by atoms with Crippen LogP contribution in [0.25, 0.3) is 0 Å². The topological polar surface area (TPSA) is 52.7 Å². The zero-order valence-electron chi connectivity index (χ0n) is 12.6. The quantitative estimate of drug-likeness (QED) is 0.835. The Balaban J connectivity index is 0.00000161. The van der Waals surface area contributed by atoms with Crippen LogP contribution < -0.4 is 5.32 Å². The fourth-order valence-corrected chi connectivity index (χ4v) is 5.13. The Morgan fingerprint density at radius 3 is 3.00 bits per heavy atom. The van der Waals surface area contributed by atoms with Gasteiger partial charge in [-0.05, 0) is 39.3 Å². The number of amides is 2. The number of nitrogens with one attached hydrogen (secondary N) is 1. The second kappa shape index (κ2) is 6.34. The van der Waals surface area contributed by atoms with Gasteiger partial charge in [0.15, 0.2) is 0 Å². The first-order chi connectivity index (χ1) is 9.55. The third-order valence-electron chi connectivity index (χ3n) is 4.82. The molecule has 3 rings (SSSR count). The molecule has 21 heavy (non-hydrogen) atoms. The van der Waals surface area contributed by atoms with E-state index in [1.807, 2.05) is 16.8 Å². The molecule has 0 bridgehead atoms. The normalized spacial score (nSPS) is 35.0. The maximum absolute atomic E-state index is 12.7. The number of hydrogen-bond acceptors (Lipinski definition) is 4. The summed E-state index contributed by atoms with van der Waals surface area (Å²) in [6, 6.07) is -0.228. The Labute approximate surface area is 136 Å². The number of rotatable bonds is 3. The monoisotopic (exact) mass is 333 g/mol. The first-order valence-electron chi connectivity index (χ1n) is 7.44. The molecule has 7 heteroatoms. The van der Waals surface area contributed by atoms with Gasteiger partial charge in [0.2, 0.25) is 11.8 Å². The van der Waals surface area contributed by atoms with Gasteiger partial charge in [0, 0.05) is 25.3 Å². The number of carbonyl (C=O) groups is 2. The molecule has 3 unspecified atom stereocenters. The number of carbonyl (C=O) groups excluding carboxylic acids is 2. The van der Waals surface area contributed by atoms with E-state index >= 15 is 0 Å². The van der Waals surface area contributed by atoms with Crippen molar-refractivity contribution in [1.29, 1.82) is 0 Å². The van der Waals surface area contributed by atoms with Crippen LogP contribution in [0.4, 0.5) is 0 Å². The average molecular weight is 334 g/mol. The minimum absolute atomic E-state index is 0. The molecule has 3 aliphatic heterocycles. The zero-order chi connectivity index (χ0) is 14.3. The van der Waals surface area contributed by atoms with Gasteiger partial charge in [-0.2, -0.15) is 0 Å². The highest BCUT2D eigenvalue weighted by Gasteiger charge is 2.53. The SMILES string of the molecule is CNCC1CCN(C(=O)C2CSC3(C)CCC(=O)N23)C1.Cl. The molecular weight excluding hydrogens is 310 g/mol. The van der Waals surface area contributed by atoms with Crippen LogP contribution in [0, 0.1) is 5.92 Å². The van der Waals surface area contributed by atoms with Gasteiger partial charge in [0.1, 0.15) is 6.04 Å². The molecule has 2 amide bonds. The summed E-state index contributed by atoms with van der Waals surface area (Å²) in [5.74, 6) is 1.63. The summed E-state index contributed by atoms with van der Waals surface area (Å²) < 4.78 is 0. The molecule has 0 radical (unpaired) electrons. The van der Waals surface area contributed by atoms with E-state index in [0.29, 0.717) is 12.3 Å². The molecule has 0 aromatic heterocycles. The third-order valence-corrected chi connectivity index (χ3v) is 6.33. The lowest BCUT2D eigenvalue weighted by molar-refractivity contribution is -0.143. The van der Waals surface area contributed by atoms with Gasteiger partial charge < -0.3 is 15.1 Å². The van der Waals surface area contributed by atoms with Gasteiger partial charge in [-0.3, -0.25) is 9.59 Å². The van der Waals surface area contributed by atoms with Gasteiger partial charge in [-0.15, -0.1) is 24.2 Å². The first kappa shape index (κ1) is 16.9. The van der Waals surface area contributed by atoms with Crippen molar-refractivity contribution >= 4 is 36.0 Å². The molecule has 0 aliphatic carbocycles. The number of hydrogen-bond donors (Lipinski definition) is 1. The lowest BCUT2D eigenvalue weighted by Crippen LogP contribution is -2.51. The number of halogens is 1. The van der Waals surface area contributed by atoms with E-state index in [4.69, 9.17) is 0 Å². The van der Waals surface area contributed by atoms with Gasteiger partial charge in [-0.1, -0.05) is 0 Å². The predicted octanol–water partition coefficient (Wildman–Crippen LogP) is 0.930. The molecule has 3 heterocycles. The van der Waals surface area contributed by atoms with Crippen molar-refractivity contribution in [1.82, 2.24) is 15.1 Å². The van der Waals surface area contributed by atoms with Crippen LogP contribution in [0.5, 0.6) is 0 Å². The van der Waals surface area contributed by atoms with Crippen molar-refractivity contribution in [3.63, 3.8) is 0 Å². The molecule has 3 atom stereocenters. The summed E-state index contributed by atoms with van der Waals surface area (Å²) in [7, 11) is 1.95. The highest BCUT2D eigenvalue weighted by molar-refractivity contribution is 8.01. The minimum Gasteiger partial charge on any atom is -0.341 e. The molecule has 0 aromatic rings. The second-order valence-electron chi connectivity index (χ2n) is 6.26. The Morgan fingerprint density at radius 1 is 1.52 bits per heavy atom. The molecule has 0 spiro atoms. The zero-order valence-corrected chi connectivity index (χ0v) is 14.3.